The molecule has 0 saturated heterocycles. The quantitative estimate of drug-likeness (QED) is 0.0603. The average molecular weight is 784 g/mol. The molecule has 10 nitrogen and oxygen atoms in total. The van der Waals surface area contributed by atoms with Crippen LogP contribution in [0.2, 0.25) is 0 Å². The van der Waals surface area contributed by atoms with Gasteiger partial charge in [0.2, 0.25) is 0 Å². The van der Waals surface area contributed by atoms with Gasteiger partial charge >= 0.3 is 24.0 Å². The van der Waals surface area contributed by atoms with E-state index in [0.717, 1.165) is 51.4 Å². The molecule has 0 heterocycles. The number of carbonyl (C=O) groups is 4. The van der Waals surface area contributed by atoms with Crippen molar-refractivity contribution in [1.29, 1.82) is 0 Å². The molecular weight excluding hydrogens is 703 g/mol. The Hall–Kier alpha value is -1.62. The number of likely N-dealkylation sites (N-methyl/N-ethyl adjacent to an activating group) is 2. The average Bonchev–Trinajstić information content (AvgIpc) is 3.06. The Morgan fingerprint density at radius 2 is 0.654 bits per heavy atom. The number of rotatable bonds is 33. The number of nitrogens with zero attached hydrogens (tertiary/aromatic N) is 2. The molecule has 0 fully saturated rings. The third kappa shape index (κ3) is 33.0. The smallest absolute Gasteiger partial charge is 0.416 e. The Kier molecular flexibility index (Phi) is 38.3. The van der Waals surface area contributed by atoms with Gasteiger partial charge in [-0.05, 0) is 25.7 Å². The number of ether oxygens (including phenoxy) is 2. The fraction of sp³-hybridized carbons (Fsp3) is 0.900. The maximum Gasteiger partial charge on any atom is 0.416 e. The van der Waals surface area contributed by atoms with Crippen LogP contribution in [0.4, 0.5) is 9.59 Å². The van der Waals surface area contributed by atoms with E-state index in [1.165, 1.54) is 103 Å². The molecule has 0 bridgehead atoms. The highest BCUT2D eigenvalue weighted by atomic mass is 35.5. The van der Waals surface area contributed by atoms with Gasteiger partial charge in [0.1, 0.15) is 0 Å². The summed E-state index contributed by atoms with van der Waals surface area (Å²) in [4.78, 5) is 50.0. The normalized spacial score (nSPS) is 11.3. The van der Waals surface area contributed by atoms with Crippen LogP contribution in [0, 0.1) is 0 Å². The fourth-order valence-electron chi connectivity index (χ4n) is 5.85. The molecule has 0 atom stereocenters. The molecule has 310 valence electrons. The Morgan fingerprint density at radius 1 is 0.404 bits per heavy atom. The summed E-state index contributed by atoms with van der Waals surface area (Å²) in [6, 6.07) is -0.398. The van der Waals surface area contributed by atoms with E-state index in [2.05, 4.69) is 24.5 Å². The number of urea groups is 2. The molecule has 0 aliphatic heterocycles. The number of unbranched alkanes of at least 4 members (excludes halogenated alkanes) is 21. The van der Waals surface area contributed by atoms with Crippen LogP contribution in [0.5, 0.6) is 0 Å². The van der Waals surface area contributed by atoms with Gasteiger partial charge in [-0.25, -0.2) is 28.1 Å². The zero-order valence-corrected chi connectivity index (χ0v) is 35.8. The van der Waals surface area contributed by atoms with E-state index in [9.17, 15) is 19.2 Å². The summed E-state index contributed by atoms with van der Waals surface area (Å²) >= 11 is 0. The number of carbonyl (C=O) groups excluding carboxylic acids is 4. The molecule has 0 aromatic rings. The predicted octanol–water partition coefficient (Wildman–Crippen LogP) is 3.06. The lowest BCUT2D eigenvalue weighted by Crippen LogP contribution is -3.00. The molecule has 0 radical (unpaired) electrons. The highest BCUT2D eigenvalue weighted by molar-refractivity contribution is 5.75. The summed E-state index contributed by atoms with van der Waals surface area (Å²) in [6.45, 7) is 6.40. The number of halogens is 2. The Bertz CT molecular complexity index is 822. The van der Waals surface area contributed by atoms with Crippen molar-refractivity contribution in [1.82, 2.24) is 10.6 Å². The molecule has 0 aliphatic rings. The monoisotopic (exact) mass is 783 g/mol. The molecule has 2 N–H and O–H groups in total. The Morgan fingerprint density at radius 3 is 0.942 bits per heavy atom. The van der Waals surface area contributed by atoms with Crippen molar-refractivity contribution in [2.24, 2.45) is 0 Å². The van der Waals surface area contributed by atoms with Crippen molar-refractivity contribution >= 4 is 24.0 Å². The molecule has 12 heteroatoms. The van der Waals surface area contributed by atoms with Crippen LogP contribution in [-0.2, 0) is 19.1 Å². The predicted molar refractivity (Wildman–Crippen MR) is 205 cm³/mol. The van der Waals surface area contributed by atoms with Gasteiger partial charge in [0.05, 0.1) is 41.4 Å². The largest absolute Gasteiger partial charge is 1.00 e. The van der Waals surface area contributed by atoms with Crippen LogP contribution < -0.4 is 35.4 Å². The lowest BCUT2D eigenvalue weighted by molar-refractivity contribution is -0.801. The Labute approximate surface area is 331 Å². The van der Waals surface area contributed by atoms with E-state index in [1.807, 2.05) is 0 Å². The lowest BCUT2D eigenvalue weighted by Gasteiger charge is -2.25. The minimum absolute atomic E-state index is 0. The van der Waals surface area contributed by atoms with Gasteiger partial charge in [-0.1, -0.05) is 142 Å². The van der Waals surface area contributed by atoms with Crippen molar-refractivity contribution in [3.8, 4) is 0 Å². The molecular formula is C40H80Cl2N4O6. The second-order valence-electron chi connectivity index (χ2n) is 15.4. The molecule has 0 aromatic heterocycles. The van der Waals surface area contributed by atoms with E-state index < -0.39 is 0 Å². The first kappa shape index (κ1) is 54.7. The van der Waals surface area contributed by atoms with Crippen LogP contribution >= 0.6 is 0 Å². The van der Waals surface area contributed by atoms with Crippen molar-refractivity contribution in [2.45, 2.75) is 168 Å². The van der Waals surface area contributed by atoms with Gasteiger partial charge in [0, 0.05) is 13.1 Å². The van der Waals surface area contributed by atoms with Gasteiger partial charge < -0.3 is 44.9 Å². The summed E-state index contributed by atoms with van der Waals surface area (Å²) in [5.41, 5.74) is 0. The van der Waals surface area contributed by atoms with Gasteiger partial charge in [0.25, 0.3) is 0 Å². The topological polar surface area (TPSA) is 111 Å². The first-order chi connectivity index (χ1) is 24.0. The maximum absolute atomic E-state index is 12.7. The van der Waals surface area contributed by atoms with E-state index >= 15 is 0 Å². The number of hydrogen-bond donors (Lipinski definition) is 2. The SMILES string of the molecule is CCCCCCCCCCCCOC(=O)C[N+](C)(C)C(=O)NCCCCCCNC(=O)[N+](C)(C)CC(=O)OCCCCCCCCCCCC.[Cl-].[Cl-]. The third-order valence-electron chi connectivity index (χ3n) is 9.33. The summed E-state index contributed by atoms with van der Waals surface area (Å²) in [7, 11) is 6.88. The van der Waals surface area contributed by atoms with Crippen LogP contribution in [-0.4, -0.2) is 101 Å². The zero-order chi connectivity index (χ0) is 37.4. The van der Waals surface area contributed by atoms with E-state index in [4.69, 9.17) is 9.47 Å². The van der Waals surface area contributed by atoms with Crippen LogP contribution in [0.25, 0.3) is 0 Å². The summed E-state index contributed by atoms with van der Waals surface area (Å²) in [5.74, 6) is -0.683. The molecule has 0 aromatic carbocycles. The summed E-state index contributed by atoms with van der Waals surface area (Å²) < 4.78 is 10.6. The highest BCUT2D eigenvalue weighted by Crippen LogP contribution is 2.12. The Balaban J connectivity index is -0.0000120. The molecule has 0 spiro atoms. The number of esters is 2. The van der Waals surface area contributed by atoms with Gasteiger partial charge in [-0.2, -0.15) is 0 Å². The van der Waals surface area contributed by atoms with Gasteiger partial charge in [0.15, 0.2) is 13.1 Å². The zero-order valence-electron chi connectivity index (χ0n) is 34.3. The second kappa shape index (κ2) is 36.4. The standard InChI is InChI=1S/C40H78N4O6.2ClH/c1-7-9-11-13-15-17-19-21-25-29-33-49-37(45)35-43(3,4)39(47)41-31-27-23-24-28-32-42-40(48)44(5,6)36-38(46)50-34-30-26-22-20-18-16-14-12-10-8-2;;/h7-36H2,1-6H3;2*1H. The van der Waals surface area contributed by atoms with E-state index in [1.54, 1.807) is 28.2 Å². The van der Waals surface area contributed by atoms with E-state index in [0.29, 0.717) is 26.3 Å². The molecule has 4 amide bonds. The summed E-state index contributed by atoms with van der Waals surface area (Å²) in [6.07, 6.45) is 28.0. The van der Waals surface area contributed by atoms with Crippen LogP contribution in [0.15, 0.2) is 0 Å². The van der Waals surface area contributed by atoms with Gasteiger partial charge in [-0.15, -0.1) is 0 Å². The minimum atomic E-state index is -0.342. The number of nitrogens with one attached hydrogen (secondary N) is 2. The van der Waals surface area contributed by atoms with E-state index in [-0.39, 0.29) is 70.9 Å². The number of hydrogen-bond acceptors (Lipinski definition) is 6. The summed E-state index contributed by atoms with van der Waals surface area (Å²) in [5, 5.41) is 5.87. The highest BCUT2D eigenvalue weighted by Gasteiger charge is 2.31. The molecule has 0 unspecified atom stereocenters. The minimum Gasteiger partial charge on any atom is -1.00 e. The van der Waals surface area contributed by atoms with Crippen molar-refractivity contribution < 1.29 is 62.4 Å². The van der Waals surface area contributed by atoms with Crippen molar-refractivity contribution in [3.63, 3.8) is 0 Å². The lowest BCUT2D eigenvalue weighted by atomic mass is 10.1. The molecule has 52 heavy (non-hydrogen) atoms. The van der Waals surface area contributed by atoms with Crippen LogP contribution in [0.3, 0.4) is 0 Å². The molecule has 0 aliphatic carbocycles. The van der Waals surface area contributed by atoms with Gasteiger partial charge in [-0.3, -0.25) is 0 Å². The fourth-order valence-corrected chi connectivity index (χ4v) is 5.85. The second-order valence-corrected chi connectivity index (χ2v) is 15.4. The van der Waals surface area contributed by atoms with Crippen molar-refractivity contribution in [2.75, 3.05) is 67.6 Å². The molecule has 0 saturated carbocycles. The number of quaternary nitrogens is 2. The first-order valence-electron chi connectivity index (χ1n) is 20.5. The van der Waals surface area contributed by atoms with Crippen molar-refractivity contribution in [3.05, 3.63) is 0 Å². The number of amides is 4. The maximum atomic E-state index is 12.7. The first-order valence-corrected chi connectivity index (χ1v) is 20.5. The van der Waals surface area contributed by atoms with Crippen LogP contribution in [0.1, 0.15) is 168 Å². The molecule has 0 rings (SSSR count). The third-order valence-corrected chi connectivity index (χ3v) is 9.33.